The monoisotopic (exact) mass is 491 g/mol. The molecule has 37 heavy (non-hydrogen) atoms. The van der Waals surface area contributed by atoms with Crippen LogP contribution in [0.1, 0.15) is 27.0 Å². The van der Waals surface area contributed by atoms with Crippen LogP contribution in [0.4, 0.5) is 11.5 Å². The number of carbonyl (C=O) groups is 1. The van der Waals surface area contributed by atoms with Crippen molar-refractivity contribution in [1.29, 1.82) is 5.26 Å². The van der Waals surface area contributed by atoms with Gasteiger partial charge in [0.25, 0.3) is 5.91 Å². The van der Waals surface area contributed by atoms with Gasteiger partial charge in [-0.1, -0.05) is 42.5 Å². The van der Waals surface area contributed by atoms with E-state index in [4.69, 9.17) is 11.0 Å². The van der Waals surface area contributed by atoms with Gasteiger partial charge in [0.1, 0.15) is 17.5 Å². The van der Waals surface area contributed by atoms with Crippen LogP contribution in [0.2, 0.25) is 0 Å². The Morgan fingerprint density at radius 2 is 1.57 bits per heavy atom. The van der Waals surface area contributed by atoms with Crippen LogP contribution in [0.3, 0.4) is 0 Å². The van der Waals surface area contributed by atoms with Crippen molar-refractivity contribution < 1.29 is 4.79 Å². The number of amides is 1. The summed E-state index contributed by atoms with van der Waals surface area (Å²) in [4.78, 5) is 17.7. The topological polar surface area (TPSA) is 103 Å². The van der Waals surface area contributed by atoms with Gasteiger partial charge in [0.05, 0.1) is 11.9 Å². The van der Waals surface area contributed by atoms with Gasteiger partial charge in [-0.25, -0.2) is 4.68 Å². The molecule has 0 radical (unpaired) electrons. The summed E-state index contributed by atoms with van der Waals surface area (Å²) < 4.78 is 1.48. The van der Waals surface area contributed by atoms with Gasteiger partial charge in [0.2, 0.25) is 0 Å². The number of piperazine rings is 1. The molecule has 0 bridgehead atoms. The van der Waals surface area contributed by atoms with E-state index in [0.29, 0.717) is 23.4 Å². The first-order chi connectivity index (χ1) is 18.1. The minimum atomic E-state index is -0.149. The van der Waals surface area contributed by atoms with Gasteiger partial charge in [0.15, 0.2) is 0 Å². The summed E-state index contributed by atoms with van der Waals surface area (Å²) in [6, 6.07) is 27.8. The van der Waals surface area contributed by atoms with Gasteiger partial charge in [0, 0.05) is 50.5 Å². The first kappa shape index (κ1) is 24.1. The molecule has 3 aromatic carbocycles. The minimum Gasteiger partial charge on any atom is -0.382 e. The Labute approximate surface area is 216 Å². The molecule has 1 saturated heterocycles. The van der Waals surface area contributed by atoms with Gasteiger partial charge in [-0.15, -0.1) is 0 Å². The van der Waals surface area contributed by atoms with E-state index in [0.717, 1.165) is 38.3 Å². The number of para-hydroxylation sites is 1. The Hall–Kier alpha value is -4.61. The highest BCUT2D eigenvalue weighted by atomic mass is 16.1. The van der Waals surface area contributed by atoms with E-state index < -0.39 is 0 Å². The Morgan fingerprint density at radius 1 is 0.892 bits per heavy atom. The van der Waals surface area contributed by atoms with Crippen LogP contribution in [0, 0.1) is 11.3 Å². The number of nitrogen functional groups attached to an aromatic ring is 1. The lowest BCUT2D eigenvalue weighted by atomic mass is 10.1. The highest BCUT2D eigenvalue weighted by Crippen LogP contribution is 2.19. The molecule has 0 saturated carbocycles. The van der Waals surface area contributed by atoms with Gasteiger partial charge in [-0.05, 0) is 47.5 Å². The molecule has 5 rings (SSSR count). The molecule has 1 aliphatic rings. The third-order valence-corrected chi connectivity index (χ3v) is 6.75. The molecule has 4 aromatic rings. The highest BCUT2D eigenvalue weighted by molar-refractivity contribution is 5.94. The van der Waals surface area contributed by atoms with Crippen molar-refractivity contribution in [3.05, 3.63) is 107 Å². The molecule has 0 spiro atoms. The highest BCUT2D eigenvalue weighted by Gasteiger charge is 2.18. The molecule has 0 aliphatic carbocycles. The lowest BCUT2D eigenvalue weighted by Crippen LogP contribution is -2.46. The number of rotatable bonds is 7. The number of anilines is 2. The summed E-state index contributed by atoms with van der Waals surface area (Å²) in [5.41, 5.74) is 11.1. The SMILES string of the molecule is N#Cc1cnn(-c2ccc(C(=O)NCc3ccccc3CN3CCN(c4ccccc4)CC3)cc2)c1N. The number of nitrogens with two attached hydrogens (primary N) is 1. The fraction of sp³-hybridized carbons (Fsp3) is 0.207. The van der Waals surface area contributed by atoms with Gasteiger partial charge < -0.3 is 16.0 Å². The van der Waals surface area contributed by atoms with Crippen LogP contribution in [0.5, 0.6) is 0 Å². The largest absolute Gasteiger partial charge is 0.382 e. The molecule has 186 valence electrons. The second kappa shape index (κ2) is 11.0. The van der Waals surface area contributed by atoms with Crippen molar-refractivity contribution in [1.82, 2.24) is 20.0 Å². The second-order valence-electron chi connectivity index (χ2n) is 9.06. The zero-order valence-electron chi connectivity index (χ0n) is 20.5. The summed E-state index contributed by atoms with van der Waals surface area (Å²) in [5.74, 6) is 0.127. The molecule has 2 heterocycles. The Bertz CT molecular complexity index is 1400. The molecule has 1 fully saturated rings. The standard InChI is InChI=1S/C29H29N7O/c30-18-25-20-33-36(28(25)31)27-12-10-22(11-13-27)29(37)32-19-23-6-4-5-7-24(23)21-34-14-16-35(17-15-34)26-8-2-1-3-9-26/h1-13,20H,14-17,19,21,31H2,(H,32,37). The number of nitrogens with zero attached hydrogens (tertiary/aromatic N) is 5. The number of nitriles is 1. The average molecular weight is 492 g/mol. The Balaban J connectivity index is 1.17. The molecule has 0 unspecified atom stereocenters. The fourth-order valence-corrected chi connectivity index (χ4v) is 4.61. The molecule has 1 aliphatic heterocycles. The quantitative estimate of drug-likeness (QED) is 0.410. The van der Waals surface area contributed by atoms with Crippen molar-refractivity contribution in [2.45, 2.75) is 13.1 Å². The number of carbonyl (C=O) groups excluding carboxylic acids is 1. The summed E-state index contributed by atoms with van der Waals surface area (Å²) in [7, 11) is 0. The zero-order valence-corrected chi connectivity index (χ0v) is 20.5. The van der Waals surface area contributed by atoms with Crippen LogP contribution < -0.4 is 16.0 Å². The zero-order chi connectivity index (χ0) is 25.6. The number of hydrogen-bond donors (Lipinski definition) is 2. The molecule has 1 amide bonds. The second-order valence-corrected chi connectivity index (χ2v) is 9.06. The van der Waals surface area contributed by atoms with Crippen molar-refractivity contribution in [2.24, 2.45) is 0 Å². The van der Waals surface area contributed by atoms with E-state index in [2.05, 4.69) is 62.7 Å². The van der Waals surface area contributed by atoms with Crippen molar-refractivity contribution in [3.63, 3.8) is 0 Å². The maximum atomic E-state index is 12.8. The van der Waals surface area contributed by atoms with Crippen LogP contribution >= 0.6 is 0 Å². The van der Waals surface area contributed by atoms with E-state index in [1.54, 1.807) is 24.3 Å². The van der Waals surface area contributed by atoms with Crippen LogP contribution in [-0.2, 0) is 13.1 Å². The fourth-order valence-electron chi connectivity index (χ4n) is 4.61. The number of hydrogen-bond acceptors (Lipinski definition) is 6. The number of benzene rings is 3. The van der Waals surface area contributed by atoms with Gasteiger partial charge in [-0.3, -0.25) is 9.69 Å². The molecular formula is C29H29N7O. The predicted molar refractivity (Wildman–Crippen MR) is 144 cm³/mol. The van der Waals surface area contributed by atoms with Crippen LogP contribution in [0.15, 0.2) is 85.1 Å². The van der Waals surface area contributed by atoms with E-state index in [1.165, 1.54) is 22.1 Å². The molecule has 8 nitrogen and oxygen atoms in total. The lowest BCUT2D eigenvalue weighted by molar-refractivity contribution is 0.0950. The first-order valence-electron chi connectivity index (χ1n) is 12.3. The maximum Gasteiger partial charge on any atom is 0.251 e. The van der Waals surface area contributed by atoms with Crippen molar-refractivity contribution >= 4 is 17.4 Å². The molecular weight excluding hydrogens is 462 g/mol. The number of nitrogens with one attached hydrogen (secondary N) is 1. The normalized spacial score (nSPS) is 13.8. The van der Waals surface area contributed by atoms with Gasteiger partial charge in [-0.2, -0.15) is 10.4 Å². The predicted octanol–water partition coefficient (Wildman–Crippen LogP) is 3.58. The first-order valence-corrected chi connectivity index (χ1v) is 12.3. The molecule has 0 atom stereocenters. The lowest BCUT2D eigenvalue weighted by Gasteiger charge is -2.36. The molecule has 1 aromatic heterocycles. The smallest absolute Gasteiger partial charge is 0.251 e. The van der Waals surface area contributed by atoms with E-state index >= 15 is 0 Å². The number of aromatic nitrogens is 2. The summed E-state index contributed by atoms with van der Waals surface area (Å²) in [6.45, 7) is 5.32. The van der Waals surface area contributed by atoms with Crippen LogP contribution in [0.25, 0.3) is 5.69 Å². The van der Waals surface area contributed by atoms with E-state index in [1.807, 2.05) is 18.2 Å². The van der Waals surface area contributed by atoms with Gasteiger partial charge >= 0.3 is 0 Å². The Morgan fingerprint density at radius 3 is 2.24 bits per heavy atom. The third kappa shape index (κ3) is 5.47. The van der Waals surface area contributed by atoms with Crippen molar-refractivity contribution in [3.8, 4) is 11.8 Å². The Kier molecular flexibility index (Phi) is 7.15. The van der Waals surface area contributed by atoms with E-state index in [9.17, 15) is 4.79 Å². The van der Waals surface area contributed by atoms with Crippen molar-refractivity contribution in [2.75, 3.05) is 36.8 Å². The minimum absolute atomic E-state index is 0.149. The summed E-state index contributed by atoms with van der Waals surface area (Å²) in [5, 5.41) is 16.3. The molecule has 8 heteroatoms. The average Bonchev–Trinajstić information content (AvgIpc) is 3.33. The maximum absolute atomic E-state index is 12.8. The van der Waals surface area contributed by atoms with E-state index in [-0.39, 0.29) is 11.7 Å². The third-order valence-electron chi connectivity index (χ3n) is 6.75. The molecule has 3 N–H and O–H groups in total. The summed E-state index contributed by atoms with van der Waals surface area (Å²) >= 11 is 0. The summed E-state index contributed by atoms with van der Waals surface area (Å²) in [6.07, 6.45) is 1.43. The van der Waals surface area contributed by atoms with Crippen LogP contribution in [-0.4, -0.2) is 46.8 Å².